The van der Waals surface area contributed by atoms with Crippen LogP contribution in [0.2, 0.25) is 5.02 Å². The van der Waals surface area contributed by atoms with Gasteiger partial charge in [0.05, 0.1) is 8.95 Å². The van der Waals surface area contributed by atoms with E-state index in [1.807, 2.05) is 0 Å². The molecular formula is C29H28Br2ClNO5S. The number of rotatable bonds is 4. The molecule has 0 spiro atoms. The summed E-state index contributed by atoms with van der Waals surface area (Å²) in [7, 11) is -4.15. The number of dihydropyridines is 1. The van der Waals surface area contributed by atoms with Gasteiger partial charge in [-0.25, -0.2) is 0 Å². The first kappa shape index (κ1) is 28.6. The van der Waals surface area contributed by atoms with Crippen LogP contribution in [0, 0.1) is 10.8 Å². The van der Waals surface area contributed by atoms with Crippen molar-refractivity contribution in [3.05, 3.63) is 78.5 Å². The number of carbonyl (C=O) groups is 2. The molecule has 0 saturated heterocycles. The summed E-state index contributed by atoms with van der Waals surface area (Å²) >= 11 is 12.9. The fraction of sp³-hybridized carbons (Fsp3) is 0.379. The van der Waals surface area contributed by atoms with Crippen LogP contribution in [-0.2, 0) is 19.7 Å². The van der Waals surface area contributed by atoms with Crippen molar-refractivity contribution in [2.45, 2.75) is 64.2 Å². The van der Waals surface area contributed by atoms with Crippen LogP contribution in [0.15, 0.2) is 72.8 Å². The predicted octanol–water partition coefficient (Wildman–Crippen LogP) is 7.61. The Morgan fingerprint density at radius 1 is 0.846 bits per heavy atom. The minimum absolute atomic E-state index is 0.0146. The topological polar surface area (TPSA) is 89.5 Å². The third-order valence-electron chi connectivity index (χ3n) is 7.37. The molecule has 0 atom stereocenters. The Hall–Kier alpha value is -1.94. The molecule has 1 N–H and O–H groups in total. The normalized spacial score (nSPS) is 20.9. The lowest BCUT2D eigenvalue weighted by atomic mass is 9.64. The molecule has 2 aromatic carbocycles. The van der Waals surface area contributed by atoms with Crippen LogP contribution in [0.1, 0.15) is 64.9 Å². The molecule has 206 valence electrons. The number of benzene rings is 2. The first-order valence-corrected chi connectivity index (χ1v) is 15.9. The average molecular weight is 698 g/mol. The van der Waals surface area contributed by atoms with Crippen molar-refractivity contribution in [1.82, 2.24) is 5.32 Å². The first-order valence-electron chi connectivity index (χ1n) is 12.6. The zero-order valence-corrected chi connectivity index (χ0v) is 26.7. The Bertz CT molecular complexity index is 1510. The second-order valence-electron chi connectivity index (χ2n) is 12.0. The van der Waals surface area contributed by atoms with Gasteiger partial charge < -0.3 is 9.50 Å². The van der Waals surface area contributed by atoms with Crippen molar-refractivity contribution < 1.29 is 22.2 Å². The molecule has 2 aliphatic carbocycles. The van der Waals surface area contributed by atoms with Gasteiger partial charge in [-0.2, -0.15) is 8.42 Å². The molecule has 10 heteroatoms. The maximum atomic E-state index is 13.6. The van der Waals surface area contributed by atoms with E-state index in [4.69, 9.17) is 15.8 Å². The molecule has 39 heavy (non-hydrogen) atoms. The van der Waals surface area contributed by atoms with E-state index in [-0.39, 0.29) is 33.0 Å². The number of hydrogen-bond acceptors (Lipinski definition) is 6. The molecule has 0 aromatic heterocycles. The molecule has 1 aliphatic heterocycles. The largest absolute Gasteiger partial charge is 0.377 e. The Morgan fingerprint density at radius 2 is 1.31 bits per heavy atom. The third kappa shape index (κ3) is 5.52. The maximum Gasteiger partial charge on any atom is 0.339 e. The van der Waals surface area contributed by atoms with Crippen molar-refractivity contribution in [2.24, 2.45) is 10.8 Å². The van der Waals surface area contributed by atoms with Crippen molar-refractivity contribution in [3.63, 3.8) is 0 Å². The first-order chi connectivity index (χ1) is 18.1. The average Bonchev–Trinajstić information content (AvgIpc) is 2.78. The molecule has 3 aliphatic rings. The van der Waals surface area contributed by atoms with Gasteiger partial charge in [0.25, 0.3) is 0 Å². The van der Waals surface area contributed by atoms with Gasteiger partial charge in [-0.1, -0.05) is 39.3 Å². The smallest absolute Gasteiger partial charge is 0.339 e. The lowest BCUT2D eigenvalue weighted by Crippen LogP contribution is -2.42. The number of ketones is 2. The van der Waals surface area contributed by atoms with Crippen molar-refractivity contribution in [2.75, 3.05) is 0 Å². The highest BCUT2D eigenvalue weighted by molar-refractivity contribution is 9.11. The summed E-state index contributed by atoms with van der Waals surface area (Å²) in [5, 5.41) is 3.91. The minimum Gasteiger partial charge on any atom is -0.377 e. The molecule has 0 bridgehead atoms. The summed E-state index contributed by atoms with van der Waals surface area (Å²) in [5.74, 6) is -0.460. The highest BCUT2D eigenvalue weighted by Crippen LogP contribution is 2.52. The predicted molar refractivity (Wildman–Crippen MR) is 157 cm³/mol. The van der Waals surface area contributed by atoms with Gasteiger partial charge in [-0.05, 0) is 97.5 Å². The maximum absolute atomic E-state index is 13.6. The molecule has 0 fully saturated rings. The van der Waals surface area contributed by atoms with Crippen LogP contribution in [-0.4, -0.2) is 20.0 Å². The number of carbonyl (C=O) groups excluding carboxylic acids is 2. The highest BCUT2D eigenvalue weighted by atomic mass is 79.9. The lowest BCUT2D eigenvalue weighted by molar-refractivity contribution is -0.119. The van der Waals surface area contributed by atoms with E-state index in [2.05, 4.69) is 64.9 Å². The molecule has 2 aromatic rings. The van der Waals surface area contributed by atoms with Crippen LogP contribution in [0.5, 0.6) is 5.75 Å². The minimum atomic E-state index is -4.15. The van der Waals surface area contributed by atoms with Crippen molar-refractivity contribution in [1.29, 1.82) is 0 Å². The molecule has 0 amide bonds. The van der Waals surface area contributed by atoms with E-state index in [1.165, 1.54) is 24.3 Å². The summed E-state index contributed by atoms with van der Waals surface area (Å²) in [5.41, 5.74) is 3.26. The van der Waals surface area contributed by atoms with E-state index >= 15 is 0 Å². The lowest BCUT2D eigenvalue weighted by Gasteiger charge is -2.44. The zero-order valence-electron chi connectivity index (χ0n) is 22.0. The molecule has 0 radical (unpaired) electrons. The van der Waals surface area contributed by atoms with Gasteiger partial charge in [0.2, 0.25) is 0 Å². The number of Topliss-reactive ketones (excluding diaryl/α,β-unsaturated/α-hetero) is 2. The fourth-order valence-electron chi connectivity index (χ4n) is 5.81. The van der Waals surface area contributed by atoms with Crippen molar-refractivity contribution in [3.8, 4) is 5.75 Å². The molecule has 5 rings (SSSR count). The van der Waals surface area contributed by atoms with Gasteiger partial charge >= 0.3 is 10.1 Å². The van der Waals surface area contributed by atoms with Crippen LogP contribution >= 0.6 is 43.5 Å². The van der Waals surface area contributed by atoms with E-state index in [1.54, 1.807) is 12.1 Å². The van der Waals surface area contributed by atoms with Crippen LogP contribution in [0.4, 0.5) is 0 Å². The summed E-state index contributed by atoms with van der Waals surface area (Å²) in [6.07, 6.45) is 2.15. The monoisotopic (exact) mass is 695 g/mol. The molecular weight excluding hydrogens is 670 g/mol. The molecule has 0 saturated carbocycles. The van der Waals surface area contributed by atoms with Crippen LogP contribution < -0.4 is 9.50 Å². The number of halogens is 3. The van der Waals surface area contributed by atoms with Gasteiger partial charge in [0.1, 0.15) is 4.90 Å². The van der Waals surface area contributed by atoms with Crippen LogP contribution in [0.3, 0.4) is 0 Å². The number of nitrogens with one attached hydrogen (secondary N) is 1. The summed E-state index contributed by atoms with van der Waals surface area (Å²) in [4.78, 5) is 27.1. The van der Waals surface area contributed by atoms with E-state index in [0.29, 0.717) is 56.4 Å². The van der Waals surface area contributed by atoms with Gasteiger partial charge in [-0.15, -0.1) is 0 Å². The second kappa shape index (κ2) is 9.86. The fourth-order valence-corrected chi connectivity index (χ4v) is 8.50. The van der Waals surface area contributed by atoms with Gasteiger partial charge in [0.15, 0.2) is 17.3 Å². The Morgan fingerprint density at radius 3 is 1.77 bits per heavy atom. The quantitative estimate of drug-likeness (QED) is 0.331. The van der Waals surface area contributed by atoms with Crippen molar-refractivity contribution >= 4 is 65.1 Å². The van der Waals surface area contributed by atoms with Gasteiger partial charge in [0, 0.05) is 46.3 Å². The molecule has 0 unspecified atom stereocenters. The summed E-state index contributed by atoms with van der Waals surface area (Å²) < 4.78 is 32.2. The standard InChI is InChI=1S/C29H28Br2ClNO5S/c1-28(2)11-20-25(22(34)13-28)24(26-21(33-20)12-29(3,4)14-23(26)35)15-9-18(30)27(19(31)10-15)38-39(36,37)17-7-5-16(32)6-8-17/h5-10,24,33H,11-14H2,1-4H3. The summed E-state index contributed by atoms with van der Waals surface area (Å²) in [6, 6.07) is 9.17. The Labute approximate surface area is 250 Å². The highest BCUT2D eigenvalue weighted by Gasteiger charge is 2.46. The Balaban J connectivity index is 1.61. The second-order valence-corrected chi connectivity index (χ2v) is 15.7. The number of allylic oxidation sites excluding steroid dienone is 4. The van der Waals surface area contributed by atoms with Gasteiger partial charge in [-0.3, -0.25) is 9.59 Å². The summed E-state index contributed by atoms with van der Waals surface area (Å²) in [6.45, 7) is 8.30. The Kier molecular flexibility index (Phi) is 7.22. The van der Waals surface area contributed by atoms with E-state index in [0.717, 1.165) is 11.4 Å². The van der Waals surface area contributed by atoms with E-state index < -0.39 is 16.0 Å². The zero-order chi connectivity index (χ0) is 28.5. The van der Waals surface area contributed by atoms with E-state index in [9.17, 15) is 18.0 Å². The number of hydrogen-bond donors (Lipinski definition) is 1. The third-order valence-corrected chi connectivity index (χ3v) is 10.0. The molecule has 1 heterocycles. The SMILES string of the molecule is CC1(C)CC(=O)C2=C(C1)NC1=C(C(=O)CC(C)(C)C1)C2c1cc(Br)c(OS(=O)(=O)c2ccc(Cl)cc2)c(Br)c1. The van der Waals surface area contributed by atoms with Crippen LogP contribution in [0.25, 0.3) is 0 Å². The molecule has 6 nitrogen and oxygen atoms in total.